The number of pyridine rings is 1. The number of hydrogen-bond acceptors (Lipinski definition) is 5. The number of carbonyl (C=O) groups excluding carboxylic acids is 1. The number of piperazine rings is 1. The van der Waals surface area contributed by atoms with E-state index < -0.39 is 5.82 Å². The van der Waals surface area contributed by atoms with E-state index >= 15 is 0 Å². The molecule has 1 fully saturated rings. The van der Waals surface area contributed by atoms with E-state index in [1.165, 1.54) is 22.8 Å². The van der Waals surface area contributed by atoms with Crippen molar-refractivity contribution in [1.82, 2.24) is 19.4 Å². The van der Waals surface area contributed by atoms with Crippen molar-refractivity contribution in [2.45, 2.75) is 0 Å². The van der Waals surface area contributed by atoms with Crippen molar-refractivity contribution in [1.29, 1.82) is 0 Å². The quantitative estimate of drug-likeness (QED) is 0.657. The van der Waals surface area contributed by atoms with Crippen molar-refractivity contribution in [2.24, 2.45) is 7.05 Å². The fraction of sp³-hybridized carbons (Fsp3) is 0.263. The Morgan fingerprint density at radius 3 is 2.64 bits per heavy atom. The van der Waals surface area contributed by atoms with Gasteiger partial charge in [-0.05, 0) is 24.3 Å². The zero-order chi connectivity index (χ0) is 19.8. The number of fused-ring (bicyclic) bond motifs is 1. The number of benzene rings is 1. The lowest BCUT2D eigenvalue weighted by atomic mass is 10.1. The van der Waals surface area contributed by atoms with Crippen LogP contribution in [0.5, 0.6) is 0 Å². The molecule has 1 saturated heterocycles. The number of rotatable bonds is 2. The van der Waals surface area contributed by atoms with Gasteiger partial charge in [0.1, 0.15) is 5.82 Å². The van der Waals surface area contributed by atoms with Crippen LogP contribution in [0.15, 0.2) is 41.5 Å². The Bertz CT molecular complexity index is 1120. The second-order valence-corrected chi connectivity index (χ2v) is 6.98. The van der Waals surface area contributed by atoms with E-state index in [4.69, 9.17) is 11.6 Å². The maximum atomic E-state index is 13.3. The molecule has 0 unspecified atom stereocenters. The maximum Gasteiger partial charge on any atom is 0.293 e. The van der Waals surface area contributed by atoms with Gasteiger partial charge in [-0.1, -0.05) is 11.6 Å². The van der Waals surface area contributed by atoms with Gasteiger partial charge in [-0.2, -0.15) is 0 Å². The summed E-state index contributed by atoms with van der Waals surface area (Å²) in [6.45, 7) is 1.79. The number of amides is 1. The van der Waals surface area contributed by atoms with Gasteiger partial charge < -0.3 is 14.4 Å². The smallest absolute Gasteiger partial charge is 0.293 e. The van der Waals surface area contributed by atoms with Crippen LogP contribution in [0.2, 0.25) is 5.02 Å². The van der Waals surface area contributed by atoms with Gasteiger partial charge >= 0.3 is 0 Å². The number of anilines is 1. The molecule has 28 heavy (non-hydrogen) atoms. The molecule has 0 bridgehead atoms. The Kier molecular flexibility index (Phi) is 4.72. The van der Waals surface area contributed by atoms with Gasteiger partial charge in [0, 0.05) is 45.0 Å². The van der Waals surface area contributed by atoms with E-state index in [9.17, 15) is 14.0 Å². The van der Waals surface area contributed by atoms with Gasteiger partial charge in [0.25, 0.3) is 11.5 Å². The molecule has 1 amide bonds. The van der Waals surface area contributed by atoms with E-state index in [-0.39, 0.29) is 16.5 Å². The van der Waals surface area contributed by atoms with Crippen LogP contribution in [-0.2, 0) is 7.05 Å². The fourth-order valence-corrected chi connectivity index (χ4v) is 3.47. The Morgan fingerprint density at radius 2 is 1.93 bits per heavy atom. The summed E-state index contributed by atoms with van der Waals surface area (Å²) in [5, 5.41) is -0.0807. The van der Waals surface area contributed by atoms with Crippen molar-refractivity contribution in [3.05, 3.63) is 63.4 Å². The summed E-state index contributed by atoms with van der Waals surface area (Å²) < 4.78 is 14.8. The molecule has 4 rings (SSSR count). The van der Waals surface area contributed by atoms with Gasteiger partial charge in [-0.3, -0.25) is 14.6 Å². The number of nitrogens with zero attached hydrogens (tertiary/aromatic N) is 5. The van der Waals surface area contributed by atoms with Crippen LogP contribution in [0.1, 0.15) is 10.4 Å². The highest BCUT2D eigenvalue weighted by molar-refractivity contribution is 6.31. The van der Waals surface area contributed by atoms with Crippen molar-refractivity contribution in [3.63, 3.8) is 0 Å². The third-order valence-electron chi connectivity index (χ3n) is 4.89. The number of halogens is 2. The molecule has 144 valence electrons. The van der Waals surface area contributed by atoms with E-state index in [2.05, 4.69) is 9.97 Å². The molecular formula is C19H17ClFN5O2. The fourth-order valence-electron chi connectivity index (χ4n) is 3.29. The van der Waals surface area contributed by atoms with E-state index in [0.717, 1.165) is 0 Å². The average Bonchev–Trinajstić information content (AvgIpc) is 2.72. The molecule has 3 aromatic rings. The zero-order valence-corrected chi connectivity index (χ0v) is 15.9. The number of aryl methyl sites for hydroxylation is 1. The molecule has 9 heteroatoms. The lowest BCUT2D eigenvalue weighted by Gasteiger charge is -2.35. The van der Waals surface area contributed by atoms with Crippen LogP contribution in [0.3, 0.4) is 0 Å². The molecule has 0 N–H and O–H groups in total. The lowest BCUT2D eigenvalue weighted by molar-refractivity contribution is 0.0746. The highest BCUT2D eigenvalue weighted by Gasteiger charge is 2.25. The Hall–Kier alpha value is -3.00. The molecule has 2 aromatic heterocycles. The first-order valence-electron chi connectivity index (χ1n) is 8.76. The molecule has 0 aliphatic carbocycles. The standard InChI is InChI=1S/C19H17ClFN5O2/c1-24-16-11-22-5-4-15(16)23-17(19(24)28)25-6-8-26(9-7-25)18(27)12-2-3-14(21)13(20)10-12/h2-5,10-11H,6-9H2,1H3. The minimum Gasteiger partial charge on any atom is -0.348 e. The molecule has 1 aromatic carbocycles. The van der Waals surface area contributed by atoms with E-state index in [0.29, 0.717) is 48.6 Å². The monoisotopic (exact) mass is 401 g/mol. The average molecular weight is 402 g/mol. The first-order valence-corrected chi connectivity index (χ1v) is 9.13. The summed E-state index contributed by atoms with van der Waals surface area (Å²) in [6.07, 6.45) is 3.24. The van der Waals surface area contributed by atoms with Crippen LogP contribution in [0, 0.1) is 5.82 Å². The largest absolute Gasteiger partial charge is 0.348 e. The van der Waals surface area contributed by atoms with Gasteiger partial charge in [0.2, 0.25) is 0 Å². The first kappa shape index (κ1) is 18.4. The van der Waals surface area contributed by atoms with E-state index in [1.807, 2.05) is 4.90 Å². The molecule has 1 aliphatic rings. The summed E-state index contributed by atoms with van der Waals surface area (Å²) >= 11 is 5.78. The summed E-state index contributed by atoms with van der Waals surface area (Å²) in [7, 11) is 1.69. The van der Waals surface area contributed by atoms with Crippen molar-refractivity contribution in [2.75, 3.05) is 31.1 Å². The molecule has 0 saturated carbocycles. The molecule has 0 spiro atoms. The lowest BCUT2D eigenvalue weighted by Crippen LogP contribution is -2.50. The topological polar surface area (TPSA) is 71.3 Å². The van der Waals surface area contributed by atoms with Crippen molar-refractivity contribution in [3.8, 4) is 0 Å². The number of hydrogen-bond donors (Lipinski definition) is 0. The Balaban J connectivity index is 1.53. The molecule has 1 aliphatic heterocycles. The summed E-state index contributed by atoms with van der Waals surface area (Å²) in [5.41, 5.74) is 1.49. The number of aromatic nitrogens is 3. The zero-order valence-electron chi connectivity index (χ0n) is 15.1. The van der Waals surface area contributed by atoms with Crippen LogP contribution in [0.25, 0.3) is 11.0 Å². The minimum atomic E-state index is -0.559. The SMILES string of the molecule is Cn1c(=O)c(N2CCN(C(=O)c3ccc(F)c(Cl)c3)CC2)nc2ccncc21. The predicted molar refractivity (Wildman–Crippen MR) is 104 cm³/mol. The highest BCUT2D eigenvalue weighted by Crippen LogP contribution is 2.19. The minimum absolute atomic E-state index is 0.0807. The molecule has 3 heterocycles. The summed E-state index contributed by atoms with van der Waals surface area (Å²) in [6, 6.07) is 5.70. The Morgan fingerprint density at radius 1 is 1.18 bits per heavy atom. The van der Waals surface area contributed by atoms with Crippen LogP contribution in [-0.4, -0.2) is 51.5 Å². The highest BCUT2D eigenvalue weighted by atomic mass is 35.5. The summed E-state index contributed by atoms with van der Waals surface area (Å²) in [5.74, 6) is -0.415. The van der Waals surface area contributed by atoms with Gasteiger partial charge in [-0.25, -0.2) is 9.37 Å². The van der Waals surface area contributed by atoms with Crippen molar-refractivity contribution >= 4 is 34.4 Å². The van der Waals surface area contributed by atoms with E-state index in [1.54, 1.807) is 30.4 Å². The van der Waals surface area contributed by atoms with Gasteiger partial charge in [0.05, 0.1) is 22.3 Å². The number of carbonyl (C=O) groups is 1. The third-order valence-corrected chi connectivity index (χ3v) is 5.18. The predicted octanol–water partition coefficient (Wildman–Crippen LogP) is 2.08. The normalized spacial score (nSPS) is 14.5. The van der Waals surface area contributed by atoms with Crippen LogP contribution < -0.4 is 10.5 Å². The van der Waals surface area contributed by atoms with Gasteiger partial charge in [-0.15, -0.1) is 0 Å². The molecular weight excluding hydrogens is 385 g/mol. The molecule has 0 radical (unpaired) electrons. The van der Waals surface area contributed by atoms with Gasteiger partial charge in [0.15, 0.2) is 5.82 Å². The second-order valence-electron chi connectivity index (χ2n) is 6.57. The maximum absolute atomic E-state index is 13.3. The van der Waals surface area contributed by atoms with Crippen molar-refractivity contribution < 1.29 is 9.18 Å². The summed E-state index contributed by atoms with van der Waals surface area (Å²) in [4.78, 5) is 37.4. The molecule has 7 nitrogen and oxygen atoms in total. The molecule has 0 atom stereocenters. The van der Waals surface area contributed by atoms with Crippen LogP contribution >= 0.6 is 11.6 Å². The Labute approximate surface area is 165 Å². The third kappa shape index (κ3) is 3.20. The van der Waals surface area contributed by atoms with Crippen LogP contribution in [0.4, 0.5) is 10.2 Å². The first-order chi connectivity index (χ1) is 13.5. The second kappa shape index (κ2) is 7.20.